The lowest BCUT2D eigenvalue weighted by Crippen LogP contribution is -2.53. The highest BCUT2D eigenvalue weighted by Gasteiger charge is 2.33. The smallest absolute Gasteiger partial charge is 0.264 e. The molecule has 41 heavy (non-hydrogen) atoms. The molecule has 3 aromatic rings. The zero-order chi connectivity index (χ0) is 29.6. The van der Waals surface area contributed by atoms with E-state index in [2.05, 4.69) is 5.32 Å². The van der Waals surface area contributed by atoms with Gasteiger partial charge in [-0.05, 0) is 75.1 Å². The molecule has 0 aliphatic heterocycles. The summed E-state index contributed by atoms with van der Waals surface area (Å²) in [6.45, 7) is 5.12. The molecule has 1 aliphatic rings. The molecular formula is C32H38ClN3O4S. The first-order valence-corrected chi connectivity index (χ1v) is 15.9. The maximum atomic E-state index is 14.1. The number of sulfonamides is 1. The van der Waals surface area contributed by atoms with Crippen LogP contribution in [0.2, 0.25) is 5.02 Å². The summed E-state index contributed by atoms with van der Waals surface area (Å²) >= 11 is 6.18. The van der Waals surface area contributed by atoms with E-state index in [9.17, 15) is 18.0 Å². The number of hydrogen-bond acceptors (Lipinski definition) is 4. The molecule has 1 N–H and O–H groups in total. The molecule has 0 aromatic heterocycles. The fourth-order valence-corrected chi connectivity index (χ4v) is 6.90. The van der Waals surface area contributed by atoms with E-state index in [-0.39, 0.29) is 23.4 Å². The van der Waals surface area contributed by atoms with E-state index in [4.69, 9.17) is 11.6 Å². The number of aryl methyl sites for hydroxylation is 2. The van der Waals surface area contributed by atoms with Crippen LogP contribution in [0.1, 0.15) is 55.7 Å². The van der Waals surface area contributed by atoms with Crippen LogP contribution in [0.4, 0.5) is 5.69 Å². The van der Waals surface area contributed by atoms with Gasteiger partial charge in [-0.3, -0.25) is 13.9 Å². The summed E-state index contributed by atoms with van der Waals surface area (Å²) in [5, 5.41) is 3.59. The third-order valence-electron chi connectivity index (χ3n) is 7.63. The maximum Gasteiger partial charge on any atom is 0.264 e. The van der Waals surface area contributed by atoms with E-state index in [0.29, 0.717) is 16.3 Å². The molecule has 218 valence electrons. The second-order valence-electron chi connectivity index (χ2n) is 10.8. The molecule has 0 spiro atoms. The summed E-state index contributed by atoms with van der Waals surface area (Å²) in [6.07, 6.45) is 5.14. The third kappa shape index (κ3) is 7.68. The highest BCUT2D eigenvalue weighted by atomic mass is 35.5. The average molecular weight is 596 g/mol. The molecule has 7 nitrogen and oxygen atoms in total. The molecule has 1 atom stereocenters. The monoisotopic (exact) mass is 595 g/mol. The van der Waals surface area contributed by atoms with Gasteiger partial charge in [-0.25, -0.2) is 8.42 Å². The van der Waals surface area contributed by atoms with Crippen molar-refractivity contribution in [3.05, 3.63) is 94.5 Å². The molecule has 4 rings (SSSR count). The Labute approximate surface area is 248 Å². The van der Waals surface area contributed by atoms with Crippen molar-refractivity contribution < 1.29 is 18.0 Å². The van der Waals surface area contributed by atoms with Crippen LogP contribution in [0.25, 0.3) is 0 Å². The average Bonchev–Trinajstić information content (AvgIpc) is 2.96. The fraction of sp³-hybridized carbons (Fsp3) is 0.375. The fourth-order valence-electron chi connectivity index (χ4n) is 5.17. The zero-order valence-electron chi connectivity index (χ0n) is 23.8. The van der Waals surface area contributed by atoms with Gasteiger partial charge < -0.3 is 10.2 Å². The minimum atomic E-state index is -4.12. The summed E-state index contributed by atoms with van der Waals surface area (Å²) in [7, 11) is -4.12. The van der Waals surface area contributed by atoms with Crippen molar-refractivity contribution in [1.82, 2.24) is 10.2 Å². The van der Waals surface area contributed by atoms with Crippen molar-refractivity contribution in [2.45, 2.75) is 76.4 Å². The Bertz CT molecular complexity index is 1460. The molecule has 1 saturated carbocycles. The van der Waals surface area contributed by atoms with Gasteiger partial charge in [0.05, 0.1) is 10.6 Å². The maximum absolute atomic E-state index is 14.1. The van der Waals surface area contributed by atoms with Gasteiger partial charge in [-0.1, -0.05) is 78.9 Å². The Balaban J connectivity index is 1.69. The number of nitrogens with one attached hydrogen (secondary N) is 1. The van der Waals surface area contributed by atoms with Crippen molar-refractivity contribution in [1.29, 1.82) is 0 Å². The van der Waals surface area contributed by atoms with Crippen LogP contribution in [0, 0.1) is 13.8 Å². The minimum absolute atomic E-state index is 0.0651. The van der Waals surface area contributed by atoms with Gasteiger partial charge >= 0.3 is 0 Å². The SMILES string of the molecule is Cc1ccc(CN(C(=O)CN(c2ccc(Cl)cc2C)S(=O)(=O)c2ccccc2)[C@@H](C)C(=O)NC2CCCCC2)cc1. The molecule has 0 radical (unpaired) electrons. The molecule has 0 saturated heterocycles. The Kier molecular flexibility index (Phi) is 10.1. The van der Waals surface area contributed by atoms with Crippen molar-refractivity contribution in [3.63, 3.8) is 0 Å². The van der Waals surface area contributed by atoms with Gasteiger partial charge in [0.1, 0.15) is 12.6 Å². The predicted molar refractivity (Wildman–Crippen MR) is 163 cm³/mol. The molecule has 0 bridgehead atoms. The molecule has 3 aromatic carbocycles. The van der Waals surface area contributed by atoms with Crippen molar-refractivity contribution in [3.8, 4) is 0 Å². The number of halogens is 1. The van der Waals surface area contributed by atoms with Gasteiger partial charge in [0, 0.05) is 17.6 Å². The van der Waals surface area contributed by atoms with Crippen LogP contribution in [0.15, 0.2) is 77.7 Å². The number of nitrogens with zero attached hydrogens (tertiary/aromatic N) is 2. The van der Waals surface area contributed by atoms with Crippen molar-refractivity contribution in [2.24, 2.45) is 0 Å². The first kappa shape index (κ1) is 30.6. The summed E-state index contributed by atoms with van der Waals surface area (Å²) in [5.74, 6) is -0.719. The van der Waals surface area contributed by atoms with Crippen molar-refractivity contribution >= 4 is 39.1 Å². The number of benzene rings is 3. The van der Waals surface area contributed by atoms with E-state index in [1.54, 1.807) is 50.2 Å². The first-order valence-electron chi connectivity index (χ1n) is 14.1. The van der Waals surface area contributed by atoms with E-state index in [1.807, 2.05) is 31.2 Å². The van der Waals surface area contributed by atoms with Gasteiger partial charge in [0.25, 0.3) is 10.0 Å². The van der Waals surface area contributed by atoms with Crippen LogP contribution < -0.4 is 9.62 Å². The van der Waals surface area contributed by atoms with Gasteiger partial charge in [-0.15, -0.1) is 0 Å². The Morgan fingerprint density at radius 3 is 2.24 bits per heavy atom. The lowest BCUT2D eigenvalue weighted by molar-refractivity contribution is -0.139. The van der Waals surface area contributed by atoms with E-state index < -0.39 is 28.5 Å². The molecule has 0 heterocycles. The van der Waals surface area contributed by atoms with Crippen molar-refractivity contribution in [2.75, 3.05) is 10.8 Å². The third-order valence-corrected chi connectivity index (χ3v) is 9.64. The van der Waals surface area contributed by atoms with Crippen LogP contribution in [0.3, 0.4) is 0 Å². The lowest BCUT2D eigenvalue weighted by atomic mass is 9.95. The summed E-state index contributed by atoms with van der Waals surface area (Å²) in [4.78, 5) is 29.1. The van der Waals surface area contributed by atoms with E-state index in [1.165, 1.54) is 17.0 Å². The highest BCUT2D eigenvalue weighted by molar-refractivity contribution is 7.92. The summed E-state index contributed by atoms with van der Waals surface area (Å²) < 4.78 is 29.0. The van der Waals surface area contributed by atoms with E-state index >= 15 is 0 Å². The number of hydrogen-bond donors (Lipinski definition) is 1. The first-order chi connectivity index (χ1) is 19.6. The normalized spacial score (nSPS) is 14.7. The largest absolute Gasteiger partial charge is 0.352 e. The van der Waals surface area contributed by atoms with Crippen LogP contribution in [-0.2, 0) is 26.2 Å². The summed E-state index contributed by atoms with van der Waals surface area (Å²) in [5.41, 5.74) is 2.88. The van der Waals surface area contributed by atoms with Gasteiger partial charge in [-0.2, -0.15) is 0 Å². The number of carbonyl (C=O) groups excluding carboxylic acids is 2. The van der Waals surface area contributed by atoms with Crippen LogP contribution in [0.5, 0.6) is 0 Å². The second-order valence-corrected chi connectivity index (χ2v) is 13.1. The predicted octanol–water partition coefficient (Wildman–Crippen LogP) is 6.02. The highest BCUT2D eigenvalue weighted by Crippen LogP contribution is 2.29. The second kappa shape index (κ2) is 13.5. The zero-order valence-corrected chi connectivity index (χ0v) is 25.4. The lowest BCUT2D eigenvalue weighted by Gasteiger charge is -2.33. The topological polar surface area (TPSA) is 86.8 Å². The molecule has 0 unspecified atom stereocenters. The molecular weight excluding hydrogens is 558 g/mol. The Morgan fingerprint density at radius 2 is 1.61 bits per heavy atom. The van der Waals surface area contributed by atoms with Gasteiger partial charge in [0.15, 0.2) is 0 Å². The molecule has 1 aliphatic carbocycles. The Hall–Kier alpha value is -3.36. The van der Waals surface area contributed by atoms with Crippen LogP contribution >= 0.6 is 11.6 Å². The molecule has 1 fully saturated rings. The van der Waals surface area contributed by atoms with Gasteiger partial charge in [0.2, 0.25) is 11.8 Å². The van der Waals surface area contributed by atoms with E-state index in [0.717, 1.165) is 47.5 Å². The standard InChI is InChI=1S/C32H38ClN3O4S/c1-23-14-16-26(17-15-23)21-35(25(3)32(38)34-28-10-6-4-7-11-28)31(37)22-36(30-19-18-27(33)20-24(30)2)41(39,40)29-12-8-5-9-13-29/h5,8-9,12-20,25,28H,4,6-7,10-11,21-22H2,1-3H3,(H,34,38)/t25-/m0/s1. The minimum Gasteiger partial charge on any atom is -0.352 e. The number of amides is 2. The molecule has 9 heteroatoms. The molecule has 2 amide bonds. The number of rotatable bonds is 10. The number of anilines is 1. The summed E-state index contributed by atoms with van der Waals surface area (Å²) in [6, 6.07) is 19.9. The quantitative estimate of drug-likeness (QED) is 0.311. The number of carbonyl (C=O) groups is 2. The Morgan fingerprint density at radius 1 is 0.951 bits per heavy atom. The van der Waals surface area contributed by atoms with Crippen LogP contribution in [-0.4, -0.2) is 43.8 Å².